The summed E-state index contributed by atoms with van der Waals surface area (Å²) in [6, 6.07) is 13.5. The second-order valence-corrected chi connectivity index (χ2v) is 6.88. The van der Waals surface area contributed by atoms with Gasteiger partial charge in [0.25, 0.3) is 5.91 Å². The number of nitrogens with zero attached hydrogens (tertiary/aromatic N) is 1. The van der Waals surface area contributed by atoms with Crippen LogP contribution in [0.25, 0.3) is 10.6 Å². The highest BCUT2D eigenvalue weighted by Crippen LogP contribution is 2.29. The molecule has 134 valence electrons. The molecular formula is C20H19FN2O2S. The number of carbonyl (C=O) groups is 1. The molecule has 26 heavy (non-hydrogen) atoms. The van der Waals surface area contributed by atoms with E-state index >= 15 is 0 Å². The van der Waals surface area contributed by atoms with Crippen molar-refractivity contribution >= 4 is 17.2 Å². The van der Waals surface area contributed by atoms with Gasteiger partial charge in [0.1, 0.15) is 21.5 Å². The fourth-order valence-electron chi connectivity index (χ4n) is 2.69. The molecule has 0 spiro atoms. The predicted octanol–water partition coefficient (Wildman–Crippen LogP) is 4.76. The van der Waals surface area contributed by atoms with Crippen molar-refractivity contribution < 1.29 is 13.9 Å². The number of para-hydroxylation sites is 1. The van der Waals surface area contributed by atoms with Gasteiger partial charge in [-0.25, -0.2) is 9.37 Å². The van der Waals surface area contributed by atoms with Gasteiger partial charge in [0, 0.05) is 11.1 Å². The Labute approximate surface area is 155 Å². The van der Waals surface area contributed by atoms with Crippen LogP contribution in [0.3, 0.4) is 0 Å². The average molecular weight is 370 g/mol. The molecule has 0 saturated heterocycles. The van der Waals surface area contributed by atoms with Gasteiger partial charge in [-0.2, -0.15) is 0 Å². The molecule has 0 aliphatic rings. The minimum atomic E-state index is -0.300. The van der Waals surface area contributed by atoms with Crippen LogP contribution in [-0.4, -0.2) is 18.0 Å². The van der Waals surface area contributed by atoms with Crippen molar-refractivity contribution in [1.29, 1.82) is 0 Å². The smallest absolute Gasteiger partial charge is 0.263 e. The average Bonchev–Trinajstić information content (AvgIpc) is 3.04. The number of halogens is 1. The molecule has 0 bridgehead atoms. The number of benzene rings is 2. The Bertz CT molecular complexity index is 922. The Morgan fingerprint density at radius 2 is 1.88 bits per heavy atom. The van der Waals surface area contributed by atoms with Gasteiger partial charge in [0.05, 0.1) is 18.8 Å². The van der Waals surface area contributed by atoms with E-state index in [0.717, 1.165) is 16.9 Å². The van der Waals surface area contributed by atoms with E-state index < -0.39 is 0 Å². The van der Waals surface area contributed by atoms with E-state index in [1.54, 1.807) is 26.2 Å². The van der Waals surface area contributed by atoms with Crippen LogP contribution in [0.2, 0.25) is 0 Å². The number of aromatic nitrogens is 1. The fourth-order valence-corrected chi connectivity index (χ4v) is 3.66. The van der Waals surface area contributed by atoms with Crippen molar-refractivity contribution in [1.82, 2.24) is 10.3 Å². The third kappa shape index (κ3) is 3.75. The monoisotopic (exact) mass is 370 g/mol. The lowest BCUT2D eigenvalue weighted by atomic mass is 10.1. The van der Waals surface area contributed by atoms with Gasteiger partial charge in [0.15, 0.2) is 0 Å². The lowest BCUT2D eigenvalue weighted by Crippen LogP contribution is -2.26. The number of thiazole rings is 1. The zero-order valence-electron chi connectivity index (χ0n) is 14.7. The van der Waals surface area contributed by atoms with E-state index in [2.05, 4.69) is 10.3 Å². The van der Waals surface area contributed by atoms with E-state index in [1.165, 1.54) is 23.5 Å². The molecular weight excluding hydrogens is 351 g/mol. The maximum Gasteiger partial charge on any atom is 0.263 e. The maximum absolute atomic E-state index is 13.1. The number of ether oxygens (including phenoxy) is 1. The largest absolute Gasteiger partial charge is 0.496 e. The summed E-state index contributed by atoms with van der Waals surface area (Å²) in [5, 5.41) is 3.69. The van der Waals surface area contributed by atoms with Gasteiger partial charge < -0.3 is 10.1 Å². The molecule has 1 N–H and O–H groups in total. The molecule has 1 heterocycles. The Morgan fingerprint density at radius 1 is 1.19 bits per heavy atom. The van der Waals surface area contributed by atoms with Crippen LogP contribution in [0.4, 0.5) is 4.39 Å². The van der Waals surface area contributed by atoms with E-state index in [1.807, 2.05) is 31.2 Å². The summed E-state index contributed by atoms with van der Waals surface area (Å²) in [7, 11) is 1.61. The summed E-state index contributed by atoms with van der Waals surface area (Å²) in [4.78, 5) is 17.7. The molecule has 1 aromatic heterocycles. The summed E-state index contributed by atoms with van der Waals surface area (Å²) < 4.78 is 18.4. The summed E-state index contributed by atoms with van der Waals surface area (Å²) in [6.45, 7) is 3.71. The molecule has 0 fully saturated rings. The second-order valence-electron chi connectivity index (χ2n) is 5.88. The fraction of sp³-hybridized carbons (Fsp3) is 0.200. The van der Waals surface area contributed by atoms with Crippen molar-refractivity contribution in [3.8, 4) is 16.3 Å². The van der Waals surface area contributed by atoms with Gasteiger partial charge >= 0.3 is 0 Å². The molecule has 3 rings (SSSR count). The minimum Gasteiger partial charge on any atom is -0.496 e. The molecule has 0 saturated carbocycles. The first-order chi connectivity index (χ1) is 12.5. The Balaban J connectivity index is 1.81. The van der Waals surface area contributed by atoms with E-state index in [-0.39, 0.29) is 17.8 Å². The van der Waals surface area contributed by atoms with Crippen LogP contribution in [-0.2, 0) is 0 Å². The molecule has 3 aromatic rings. The van der Waals surface area contributed by atoms with Crippen molar-refractivity contribution in [3.63, 3.8) is 0 Å². The molecule has 0 radical (unpaired) electrons. The maximum atomic E-state index is 13.1. The lowest BCUT2D eigenvalue weighted by molar-refractivity contribution is 0.0943. The highest BCUT2D eigenvalue weighted by molar-refractivity contribution is 7.17. The normalized spacial score (nSPS) is 11.8. The molecule has 1 amide bonds. The van der Waals surface area contributed by atoms with Crippen LogP contribution >= 0.6 is 11.3 Å². The third-order valence-corrected chi connectivity index (χ3v) is 5.25. The predicted molar refractivity (Wildman–Crippen MR) is 101 cm³/mol. The minimum absolute atomic E-state index is 0.188. The van der Waals surface area contributed by atoms with Crippen LogP contribution in [0.1, 0.15) is 33.9 Å². The zero-order valence-corrected chi connectivity index (χ0v) is 15.6. The van der Waals surface area contributed by atoms with Gasteiger partial charge in [-0.3, -0.25) is 4.79 Å². The summed E-state index contributed by atoms with van der Waals surface area (Å²) in [5.41, 5.74) is 2.35. The molecule has 6 heteroatoms. The van der Waals surface area contributed by atoms with Crippen molar-refractivity contribution in [3.05, 3.63) is 70.5 Å². The first-order valence-electron chi connectivity index (χ1n) is 8.16. The summed E-state index contributed by atoms with van der Waals surface area (Å²) in [6.07, 6.45) is 0. The number of nitrogens with one attached hydrogen (secondary N) is 1. The van der Waals surface area contributed by atoms with E-state index in [0.29, 0.717) is 15.6 Å². The van der Waals surface area contributed by atoms with Crippen molar-refractivity contribution in [2.45, 2.75) is 19.9 Å². The van der Waals surface area contributed by atoms with Crippen LogP contribution < -0.4 is 10.1 Å². The standard InChI is InChI=1S/C20H19FN2O2S/c1-12(16-6-4-5-7-17(16)25-3)22-19(24)18-13(2)23-20(26-18)14-8-10-15(21)11-9-14/h4-12H,1-3H3,(H,22,24). The van der Waals surface area contributed by atoms with Gasteiger partial charge in [-0.15, -0.1) is 11.3 Å². The Hall–Kier alpha value is -2.73. The molecule has 4 nitrogen and oxygen atoms in total. The molecule has 1 atom stereocenters. The van der Waals surface area contributed by atoms with Crippen molar-refractivity contribution in [2.75, 3.05) is 7.11 Å². The number of aryl methyl sites for hydroxylation is 1. The zero-order chi connectivity index (χ0) is 18.7. The number of methoxy groups -OCH3 is 1. The molecule has 2 aromatic carbocycles. The molecule has 0 aliphatic heterocycles. The van der Waals surface area contributed by atoms with E-state index in [4.69, 9.17) is 4.74 Å². The lowest BCUT2D eigenvalue weighted by Gasteiger charge is -2.16. The highest BCUT2D eigenvalue weighted by Gasteiger charge is 2.20. The Morgan fingerprint density at radius 3 is 2.58 bits per heavy atom. The number of hydrogen-bond donors (Lipinski definition) is 1. The van der Waals surface area contributed by atoms with E-state index in [9.17, 15) is 9.18 Å². The molecule has 1 unspecified atom stereocenters. The first-order valence-corrected chi connectivity index (χ1v) is 8.98. The quantitative estimate of drug-likeness (QED) is 0.705. The number of amides is 1. The first kappa shape index (κ1) is 18.1. The van der Waals surface area contributed by atoms with Crippen LogP contribution in [0, 0.1) is 12.7 Å². The topological polar surface area (TPSA) is 51.2 Å². The third-order valence-electron chi connectivity index (χ3n) is 4.05. The number of hydrogen-bond acceptors (Lipinski definition) is 4. The highest BCUT2D eigenvalue weighted by atomic mass is 32.1. The molecule has 0 aliphatic carbocycles. The van der Waals surface area contributed by atoms with Gasteiger partial charge in [-0.1, -0.05) is 18.2 Å². The van der Waals surface area contributed by atoms with Gasteiger partial charge in [-0.05, 0) is 44.2 Å². The van der Waals surface area contributed by atoms with Crippen molar-refractivity contribution in [2.24, 2.45) is 0 Å². The number of rotatable bonds is 5. The summed E-state index contributed by atoms with van der Waals surface area (Å²) >= 11 is 1.30. The Kier molecular flexibility index (Phi) is 5.32. The van der Waals surface area contributed by atoms with Crippen LogP contribution in [0.5, 0.6) is 5.75 Å². The van der Waals surface area contributed by atoms with Gasteiger partial charge in [0.2, 0.25) is 0 Å². The number of carbonyl (C=O) groups excluding carboxylic acids is 1. The summed E-state index contributed by atoms with van der Waals surface area (Å²) in [5.74, 6) is 0.241. The second kappa shape index (κ2) is 7.66. The SMILES string of the molecule is COc1ccccc1C(C)NC(=O)c1sc(-c2ccc(F)cc2)nc1C. The van der Waals surface area contributed by atoms with Crippen LogP contribution in [0.15, 0.2) is 48.5 Å².